The van der Waals surface area contributed by atoms with Crippen molar-refractivity contribution in [2.24, 2.45) is 0 Å². The fraction of sp³-hybridized carbons (Fsp3) is 0.312. The molecule has 1 aliphatic heterocycles. The Hall–Kier alpha value is -1.58. The summed E-state index contributed by atoms with van der Waals surface area (Å²) in [7, 11) is 1.98. The molecule has 3 nitrogen and oxygen atoms in total. The Balaban J connectivity index is 1.98. The summed E-state index contributed by atoms with van der Waals surface area (Å²) in [5.74, 6) is 0.879. The summed E-state index contributed by atoms with van der Waals surface area (Å²) in [6.45, 7) is 1.78. The lowest BCUT2D eigenvalue weighted by atomic mass is 9.94. The molecule has 0 spiro atoms. The second-order valence-electron chi connectivity index (χ2n) is 5.12. The number of anilines is 1. The summed E-state index contributed by atoms with van der Waals surface area (Å²) >= 11 is 6.33. The van der Waals surface area contributed by atoms with Crippen LogP contribution in [0.1, 0.15) is 11.1 Å². The molecule has 1 atom stereocenters. The predicted molar refractivity (Wildman–Crippen MR) is 83.3 cm³/mol. The molecule has 1 aromatic carbocycles. The van der Waals surface area contributed by atoms with Crippen LogP contribution in [0.3, 0.4) is 0 Å². The molecule has 2 heterocycles. The first kappa shape index (κ1) is 13.4. The van der Waals surface area contributed by atoms with Gasteiger partial charge < -0.3 is 10.2 Å². The van der Waals surface area contributed by atoms with Crippen LogP contribution in [0.25, 0.3) is 0 Å². The van der Waals surface area contributed by atoms with E-state index in [9.17, 15) is 0 Å². The summed E-state index contributed by atoms with van der Waals surface area (Å²) in [6, 6.07) is 12.8. The van der Waals surface area contributed by atoms with Gasteiger partial charge >= 0.3 is 0 Å². The van der Waals surface area contributed by atoms with Crippen molar-refractivity contribution in [1.29, 1.82) is 0 Å². The number of likely N-dealkylation sites (N-methyl/N-ethyl adjacent to an activating group) is 1. The van der Waals surface area contributed by atoms with Crippen LogP contribution in [-0.2, 0) is 13.0 Å². The minimum absolute atomic E-state index is 0.377. The number of halogens is 1. The topological polar surface area (TPSA) is 28.2 Å². The molecule has 0 amide bonds. The van der Waals surface area contributed by atoms with E-state index in [4.69, 9.17) is 11.6 Å². The van der Waals surface area contributed by atoms with Gasteiger partial charge in [-0.3, -0.25) is 0 Å². The normalized spacial score (nSPS) is 17.9. The van der Waals surface area contributed by atoms with Gasteiger partial charge in [-0.05, 0) is 36.7 Å². The van der Waals surface area contributed by atoms with E-state index >= 15 is 0 Å². The first-order valence-electron chi connectivity index (χ1n) is 6.88. The number of rotatable bonds is 3. The van der Waals surface area contributed by atoms with E-state index in [1.54, 1.807) is 6.20 Å². The highest BCUT2D eigenvalue weighted by Gasteiger charge is 2.27. The molecular formula is C16H18ClN3. The lowest BCUT2D eigenvalue weighted by Gasteiger charge is -2.38. The van der Waals surface area contributed by atoms with Crippen molar-refractivity contribution in [2.75, 3.05) is 18.5 Å². The number of nitrogens with zero attached hydrogens (tertiary/aromatic N) is 2. The summed E-state index contributed by atoms with van der Waals surface area (Å²) in [5, 5.41) is 3.99. The Morgan fingerprint density at radius 2 is 2.05 bits per heavy atom. The minimum atomic E-state index is 0.377. The average Bonchev–Trinajstić information content (AvgIpc) is 2.48. The maximum atomic E-state index is 6.33. The van der Waals surface area contributed by atoms with Gasteiger partial charge in [-0.1, -0.05) is 35.9 Å². The van der Waals surface area contributed by atoms with E-state index < -0.39 is 0 Å². The van der Waals surface area contributed by atoms with Crippen LogP contribution >= 0.6 is 11.6 Å². The van der Waals surface area contributed by atoms with Crippen LogP contribution < -0.4 is 10.2 Å². The Kier molecular flexibility index (Phi) is 3.90. The van der Waals surface area contributed by atoms with Crippen molar-refractivity contribution in [1.82, 2.24) is 10.3 Å². The van der Waals surface area contributed by atoms with Crippen LogP contribution in [0.4, 0.5) is 5.82 Å². The molecule has 2 aromatic rings. The van der Waals surface area contributed by atoms with Gasteiger partial charge in [-0.15, -0.1) is 0 Å². The quantitative estimate of drug-likeness (QED) is 0.941. The van der Waals surface area contributed by atoms with Crippen LogP contribution in [0.2, 0.25) is 5.02 Å². The number of pyridine rings is 1. The molecular weight excluding hydrogens is 270 g/mol. The average molecular weight is 288 g/mol. The van der Waals surface area contributed by atoms with Gasteiger partial charge in [0.15, 0.2) is 0 Å². The third kappa shape index (κ3) is 2.51. The summed E-state index contributed by atoms with van der Waals surface area (Å²) < 4.78 is 0. The molecule has 4 heteroatoms. The van der Waals surface area contributed by atoms with Crippen molar-refractivity contribution in [2.45, 2.75) is 19.0 Å². The number of hydrogen-bond acceptors (Lipinski definition) is 3. The summed E-state index contributed by atoms with van der Waals surface area (Å²) in [6.07, 6.45) is 2.82. The first-order valence-corrected chi connectivity index (χ1v) is 7.26. The summed E-state index contributed by atoms with van der Waals surface area (Å²) in [4.78, 5) is 6.78. The maximum absolute atomic E-state index is 6.33. The van der Waals surface area contributed by atoms with E-state index in [2.05, 4.69) is 39.5 Å². The fourth-order valence-corrected chi connectivity index (χ4v) is 3.07. The van der Waals surface area contributed by atoms with Gasteiger partial charge in [-0.25, -0.2) is 4.98 Å². The second kappa shape index (κ2) is 5.81. The zero-order valence-corrected chi connectivity index (χ0v) is 12.3. The Morgan fingerprint density at radius 1 is 1.25 bits per heavy atom. The van der Waals surface area contributed by atoms with Gasteiger partial charge in [0.25, 0.3) is 0 Å². The van der Waals surface area contributed by atoms with Crippen LogP contribution in [0.5, 0.6) is 0 Å². The highest BCUT2D eigenvalue weighted by atomic mass is 35.5. The standard InChI is InChI=1S/C16H18ClN3/c1-18-10-14-9-12-5-2-3-6-13(12)11-20(14)16-15(17)7-4-8-19-16/h2-8,14,18H,9-11H2,1H3. The molecule has 0 aliphatic carbocycles. The zero-order valence-electron chi connectivity index (χ0n) is 11.5. The molecule has 1 aromatic heterocycles. The maximum Gasteiger partial charge on any atom is 0.147 e. The predicted octanol–water partition coefficient (Wildman–Crippen LogP) is 2.89. The van der Waals surface area contributed by atoms with Crippen molar-refractivity contribution in [3.8, 4) is 0 Å². The Morgan fingerprint density at radius 3 is 2.80 bits per heavy atom. The number of benzene rings is 1. The van der Waals surface area contributed by atoms with Gasteiger partial charge in [0.05, 0.1) is 5.02 Å². The monoisotopic (exact) mass is 287 g/mol. The number of fused-ring (bicyclic) bond motifs is 1. The van der Waals surface area contributed by atoms with Crippen molar-refractivity contribution in [3.05, 3.63) is 58.7 Å². The molecule has 104 valence electrons. The number of aromatic nitrogens is 1. The molecule has 20 heavy (non-hydrogen) atoms. The molecule has 0 bridgehead atoms. The minimum Gasteiger partial charge on any atom is -0.346 e. The van der Waals surface area contributed by atoms with E-state index in [1.807, 2.05) is 19.2 Å². The van der Waals surface area contributed by atoms with Gasteiger partial charge in [-0.2, -0.15) is 0 Å². The van der Waals surface area contributed by atoms with E-state index in [1.165, 1.54) is 11.1 Å². The molecule has 0 saturated carbocycles. The first-order chi connectivity index (χ1) is 9.79. The van der Waals surface area contributed by atoms with E-state index in [-0.39, 0.29) is 0 Å². The smallest absolute Gasteiger partial charge is 0.147 e. The van der Waals surface area contributed by atoms with Crippen LogP contribution in [0.15, 0.2) is 42.6 Å². The second-order valence-corrected chi connectivity index (χ2v) is 5.53. The lowest BCUT2D eigenvalue weighted by Crippen LogP contribution is -2.46. The highest BCUT2D eigenvalue weighted by Crippen LogP contribution is 2.31. The fourth-order valence-electron chi connectivity index (χ4n) is 2.84. The van der Waals surface area contributed by atoms with Crippen molar-refractivity contribution < 1.29 is 0 Å². The van der Waals surface area contributed by atoms with Crippen LogP contribution in [0, 0.1) is 0 Å². The van der Waals surface area contributed by atoms with Crippen molar-refractivity contribution in [3.63, 3.8) is 0 Å². The largest absolute Gasteiger partial charge is 0.346 e. The van der Waals surface area contributed by atoms with Gasteiger partial charge in [0, 0.05) is 25.3 Å². The molecule has 3 rings (SSSR count). The Bertz CT molecular complexity index is 600. The Labute approximate surface area is 124 Å². The lowest BCUT2D eigenvalue weighted by molar-refractivity contribution is 0.523. The van der Waals surface area contributed by atoms with E-state index in [0.717, 1.165) is 25.3 Å². The molecule has 1 aliphatic rings. The third-order valence-electron chi connectivity index (χ3n) is 3.81. The number of nitrogens with one attached hydrogen (secondary N) is 1. The van der Waals surface area contributed by atoms with Crippen molar-refractivity contribution >= 4 is 17.4 Å². The van der Waals surface area contributed by atoms with Gasteiger partial charge in [0.1, 0.15) is 5.82 Å². The molecule has 1 unspecified atom stereocenters. The SMILES string of the molecule is CNCC1Cc2ccccc2CN1c1ncccc1Cl. The highest BCUT2D eigenvalue weighted by molar-refractivity contribution is 6.32. The van der Waals surface area contributed by atoms with Gasteiger partial charge in [0.2, 0.25) is 0 Å². The third-order valence-corrected chi connectivity index (χ3v) is 4.10. The number of hydrogen-bond donors (Lipinski definition) is 1. The molecule has 0 radical (unpaired) electrons. The molecule has 0 fully saturated rings. The molecule has 1 N–H and O–H groups in total. The zero-order chi connectivity index (χ0) is 13.9. The summed E-state index contributed by atoms with van der Waals surface area (Å²) in [5.41, 5.74) is 2.79. The van der Waals surface area contributed by atoms with Crippen LogP contribution in [-0.4, -0.2) is 24.6 Å². The molecule has 0 saturated heterocycles. The van der Waals surface area contributed by atoms with E-state index in [0.29, 0.717) is 11.1 Å².